The van der Waals surface area contributed by atoms with Gasteiger partial charge in [-0.15, -0.1) is 0 Å². The lowest BCUT2D eigenvalue weighted by Crippen LogP contribution is -2.47. The molecule has 1 N–H and O–H groups in total. The van der Waals surface area contributed by atoms with Crippen molar-refractivity contribution in [2.24, 2.45) is 5.92 Å². The van der Waals surface area contributed by atoms with E-state index in [0.717, 1.165) is 12.5 Å². The van der Waals surface area contributed by atoms with Crippen LogP contribution < -0.4 is 5.32 Å². The van der Waals surface area contributed by atoms with E-state index in [4.69, 9.17) is 0 Å². The molecule has 0 radical (unpaired) electrons. The van der Waals surface area contributed by atoms with Crippen LogP contribution in [0.5, 0.6) is 0 Å². The number of likely N-dealkylation sites (N-methyl/N-ethyl adjacent to an activating group) is 1. The van der Waals surface area contributed by atoms with E-state index in [1.807, 2.05) is 0 Å². The molecule has 0 amide bonds. The molecule has 0 bridgehead atoms. The molecular formula is C14H30N2. The van der Waals surface area contributed by atoms with Crippen LogP contribution in [0.15, 0.2) is 0 Å². The van der Waals surface area contributed by atoms with Crippen molar-refractivity contribution in [3.05, 3.63) is 0 Å². The summed E-state index contributed by atoms with van der Waals surface area (Å²) in [5, 5.41) is 3.55. The van der Waals surface area contributed by atoms with E-state index in [9.17, 15) is 0 Å². The van der Waals surface area contributed by atoms with Gasteiger partial charge in [-0.2, -0.15) is 0 Å². The Labute approximate surface area is 102 Å². The van der Waals surface area contributed by atoms with Gasteiger partial charge < -0.3 is 5.32 Å². The van der Waals surface area contributed by atoms with Crippen LogP contribution >= 0.6 is 0 Å². The number of hydrogen-bond acceptors (Lipinski definition) is 2. The highest BCUT2D eigenvalue weighted by molar-refractivity contribution is 4.80. The van der Waals surface area contributed by atoms with Gasteiger partial charge in [-0.1, -0.05) is 20.3 Å². The number of rotatable bonds is 5. The van der Waals surface area contributed by atoms with Crippen molar-refractivity contribution in [1.82, 2.24) is 10.2 Å². The van der Waals surface area contributed by atoms with E-state index in [-0.39, 0.29) is 0 Å². The third-order valence-electron chi connectivity index (χ3n) is 4.29. The quantitative estimate of drug-likeness (QED) is 0.775. The smallest absolute Gasteiger partial charge is 0.0218 e. The largest absolute Gasteiger partial charge is 0.313 e. The molecule has 0 aromatic heterocycles. The van der Waals surface area contributed by atoms with Crippen molar-refractivity contribution >= 4 is 0 Å². The number of hydrogen-bond donors (Lipinski definition) is 1. The van der Waals surface area contributed by atoms with Crippen molar-refractivity contribution in [3.8, 4) is 0 Å². The molecule has 1 aliphatic rings. The number of likely N-dealkylation sites (tertiary alicyclic amines) is 1. The second kappa shape index (κ2) is 7.29. The molecule has 3 atom stereocenters. The first-order valence-electron chi connectivity index (χ1n) is 7.16. The van der Waals surface area contributed by atoms with Gasteiger partial charge in [0.1, 0.15) is 0 Å². The highest BCUT2D eigenvalue weighted by Gasteiger charge is 2.22. The van der Waals surface area contributed by atoms with Crippen LogP contribution in [0.1, 0.15) is 53.4 Å². The molecule has 2 nitrogen and oxygen atoms in total. The SMILES string of the molecule is CCNC(C)C(C)N1CCCC(CC)CC1. The maximum Gasteiger partial charge on any atom is 0.0218 e. The average Bonchev–Trinajstić information content (AvgIpc) is 2.53. The van der Waals surface area contributed by atoms with Gasteiger partial charge in [-0.3, -0.25) is 4.90 Å². The van der Waals surface area contributed by atoms with Crippen molar-refractivity contribution in [2.75, 3.05) is 19.6 Å². The highest BCUT2D eigenvalue weighted by Crippen LogP contribution is 2.21. The first-order valence-corrected chi connectivity index (χ1v) is 7.16. The van der Waals surface area contributed by atoms with Gasteiger partial charge in [0.2, 0.25) is 0 Å². The zero-order valence-corrected chi connectivity index (χ0v) is 11.6. The Hall–Kier alpha value is -0.0800. The molecule has 0 aliphatic carbocycles. The van der Waals surface area contributed by atoms with Crippen molar-refractivity contribution in [2.45, 2.75) is 65.5 Å². The molecule has 1 rings (SSSR count). The van der Waals surface area contributed by atoms with Crippen LogP contribution in [0.4, 0.5) is 0 Å². The molecule has 96 valence electrons. The lowest BCUT2D eigenvalue weighted by molar-refractivity contribution is 0.179. The summed E-state index contributed by atoms with van der Waals surface area (Å²) < 4.78 is 0. The van der Waals surface area contributed by atoms with Gasteiger partial charge in [0.25, 0.3) is 0 Å². The molecule has 1 aliphatic heterocycles. The normalized spacial score (nSPS) is 27.4. The average molecular weight is 226 g/mol. The highest BCUT2D eigenvalue weighted by atomic mass is 15.2. The Morgan fingerprint density at radius 1 is 1.19 bits per heavy atom. The number of nitrogens with zero attached hydrogens (tertiary/aromatic N) is 1. The lowest BCUT2D eigenvalue weighted by atomic mass is 9.98. The monoisotopic (exact) mass is 226 g/mol. The standard InChI is InChI=1S/C14H30N2/c1-5-14-8-7-10-16(11-9-14)13(4)12(3)15-6-2/h12-15H,5-11H2,1-4H3. The van der Waals surface area contributed by atoms with Gasteiger partial charge in [0, 0.05) is 12.1 Å². The van der Waals surface area contributed by atoms with Gasteiger partial charge in [-0.25, -0.2) is 0 Å². The molecule has 0 aromatic rings. The maximum atomic E-state index is 3.55. The topological polar surface area (TPSA) is 15.3 Å². The Kier molecular flexibility index (Phi) is 6.37. The first kappa shape index (κ1) is 14.0. The lowest BCUT2D eigenvalue weighted by Gasteiger charge is -2.32. The van der Waals surface area contributed by atoms with Crippen LogP contribution in [0.2, 0.25) is 0 Å². The minimum absolute atomic E-state index is 0.614. The van der Waals surface area contributed by atoms with Crippen molar-refractivity contribution in [3.63, 3.8) is 0 Å². The minimum atomic E-state index is 0.614. The zero-order chi connectivity index (χ0) is 12.0. The Morgan fingerprint density at radius 2 is 1.94 bits per heavy atom. The predicted octanol–water partition coefficient (Wildman–Crippen LogP) is 2.89. The van der Waals surface area contributed by atoms with Crippen molar-refractivity contribution < 1.29 is 0 Å². The second-order valence-electron chi connectivity index (χ2n) is 5.33. The van der Waals surface area contributed by atoms with Crippen LogP contribution in [0.3, 0.4) is 0 Å². The third-order valence-corrected chi connectivity index (χ3v) is 4.29. The summed E-state index contributed by atoms with van der Waals surface area (Å²) in [4.78, 5) is 2.68. The summed E-state index contributed by atoms with van der Waals surface area (Å²) in [6, 6.07) is 1.29. The summed E-state index contributed by atoms with van der Waals surface area (Å²) in [6.45, 7) is 12.9. The van der Waals surface area contributed by atoms with Crippen LogP contribution in [0, 0.1) is 5.92 Å². The van der Waals surface area contributed by atoms with Crippen LogP contribution in [0.25, 0.3) is 0 Å². The molecule has 1 fully saturated rings. The van der Waals surface area contributed by atoms with E-state index < -0.39 is 0 Å². The van der Waals surface area contributed by atoms with E-state index in [0.29, 0.717) is 12.1 Å². The van der Waals surface area contributed by atoms with Gasteiger partial charge in [0.05, 0.1) is 0 Å². The van der Waals surface area contributed by atoms with Gasteiger partial charge >= 0.3 is 0 Å². The molecule has 0 spiro atoms. The zero-order valence-electron chi connectivity index (χ0n) is 11.6. The Morgan fingerprint density at radius 3 is 2.56 bits per heavy atom. The summed E-state index contributed by atoms with van der Waals surface area (Å²) in [7, 11) is 0. The molecule has 2 heteroatoms. The minimum Gasteiger partial charge on any atom is -0.313 e. The fraction of sp³-hybridized carbons (Fsp3) is 1.00. The van der Waals surface area contributed by atoms with Gasteiger partial charge in [-0.05, 0) is 58.7 Å². The Balaban J connectivity index is 2.41. The second-order valence-corrected chi connectivity index (χ2v) is 5.33. The third kappa shape index (κ3) is 4.06. The van der Waals surface area contributed by atoms with E-state index in [2.05, 4.69) is 37.9 Å². The van der Waals surface area contributed by atoms with E-state index in [1.54, 1.807) is 0 Å². The molecule has 1 heterocycles. The number of nitrogens with one attached hydrogen (secondary N) is 1. The van der Waals surface area contributed by atoms with Crippen LogP contribution in [-0.4, -0.2) is 36.6 Å². The van der Waals surface area contributed by atoms with Crippen LogP contribution in [-0.2, 0) is 0 Å². The molecular weight excluding hydrogens is 196 g/mol. The maximum absolute atomic E-state index is 3.55. The van der Waals surface area contributed by atoms with Gasteiger partial charge in [0.15, 0.2) is 0 Å². The molecule has 0 saturated carbocycles. The summed E-state index contributed by atoms with van der Waals surface area (Å²) in [6.07, 6.45) is 5.60. The molecule has 0 aromatic carbocycles. The molecule has 3 unspecified atom stereocenters. The molecule has 1 saturated heterocycles. The molecule has 16 heavy (non-hydrogen) atoms. The van der Waals surface area contributed by atoms with E-state index >= 15 is 0 Å². The van der Waals surface area contributed by atoms with E-state index in [1.165, 1.54) is 38.8 Å². The fourth-order valence-electron chi connectivity index (χ4n) is 2.81. The summed E-state index contributed by atoms with van der Waals surface area (Å²) in [5.41, 5.74) is 0. The van der Waals surface area contributed by atoms with Crippen molar-refractivity contribution in [1.29, 1.82) is 0 Å². The summed E-state index contributed by atoms with van der Waals surface area (Å²) >= 11 is 0. The predicted molar refractivity (Wildman–Crippen MR) is 71.8 cm³/mol. The Bertz CT molecular complexity index is 182. The fourth-order valence-corrected chi connectivity index (χ4v) is 2.81. The first-order chi connectivity index (χ1) is 7.69. The summed E-state index contributed by atoms with van der Waals surface area (Å²) in [5.74, 6) is 0.978.